The Bertz CT molecular complexity index is 328. The van der Waals surface area contributed by atoms with Crippen molar-refractivity contribution in [2.75, 3.05) is 0 Å². The van der Waals surface area contributed by atoms with Crippen LogP contribution in [0.2, 0.25) is 10.0 Å². The first kappa shape index (κ1) is 11.8. The molecule has 1 N–H and O–H groups in total. The Balaban J connectivity index is 3.02. The molecule has 1 aromatic rings. The number of aliphatic hydroxyl groups excluding tert-OH is 1. The third kappa shape index (κ3) is 2.59. The molecule has 0 saturated heterocycles. The molecule has 14 heavy (non-hydrogen) atoms. The third-order valence-corrected chi connectivity index (χ3v) is 2.68. The molecule has 0 aliphatic carbocycles. The summed E-state index contributed by atoms with van der Waals surface area (Å²) in [6.07, 6.45) is 0.477. The monoisotopic (exact) mass is 236 g/mol. The minimum atomic E-state index is -0.810. The van der Waals surface area contributed by atoms with Crippen LogP contribution in [0, 0.1) is 5.82 Å². The van der Waals surface area contributed by atoms with E-state index in [1.165, 1.54) is 6.07 Å². The molecule has 0 spiro atoms. The maximum Gasteiger partial charge on any atom is 0.130 e. The summed E-state index contributed by atoms with van der Waals surface area (Å²) in [6.45, 7) is 1.92. The van der Waals surface area contributed by atoms with E-state index in [-0.39, 0.29) is 15.6 Å². The lowest BCUT2D eigenvalue weighted by atomic mass is 10.0. The molecule has 0 fully saturated rings. The first-order valence-electron chi connectivity index (χ1n) is 4.38. The normalized spacial score (nSPS) is 12.9. The van der Waals surface area contributed by atoms with Crippen LogP contribution >= 0.6 is 23.2 Å². The van der Waals surface area contributed by atoms with Gasteiger partial charge in [-0.05, 0) is 18.6 Å². The fourth-order valence-electron chi connectivity index (χ4n) is 1.22. The molecule has 1 nitrogen and oxygen atoms in total. The molecule has 0 bridgehead atoms. The molecular formula is C10H11Cl2FO. The summed E-state index contributed by atoms with van der Waals surface area (Å²) < 4.78 is 13.3. The van der Waals surface area contributed by atoms with Crippen LogP contribution in [0.4, 0.5) is 4.39 Å². The lowest BCUT2D eigenvalue weighted by Gasteiger charge is -2.11. The molecule has 0 amide bonds. The highest BCUT2D eigenvalue weighted by Gasteiger charge is 2.14. The zero-order valence-corrected chi connectivity index (χ0v) is 9.24. The summed E-state index contributed by atoms with van der Waals surface area (Å²) >= 11 is 11.3. The SMILES string of the molecule is CCCC(O)c1cc(Cl)c(Cl)cc1F. The van der Waals surface area contributed by atoms with Crippen molar-refractivity contribution in [1.29, 1.82) is 0 Å². The van der Waals surface area contributed by atoms with Gasteiger partial charge in [0.25, 0.3) is 0 Å². The average molecular weight is 237 g/mol. The Morgan fingerprint density at radius 1 is 1.36 bits per heavy atom. The van der Waals surface area contributed by atoms with Gasteiger partial charge < -0.3 is 5.11 Å². The van der Waals surface area contributed by atoms with E-state index in [1.807, 2.05) is 6.92 Å². The average Bonchev–Trinajstić information content (AvgIpc) is 2.11. The topological polar surface area (TPSA) is 20.2 Å². The molecule has 0 heterocycles. The molecule has 0 saturated carbocycles. The van der Waals surface area contributed by atoms with Crippen LogP contribution in [0.15, 0.2) is 12.1 Å². The van der Waals surface area contributed by atoms with Gasteiger partial charge in [0.15, 0.2) is 0 Å². The zero-order chi connectivity index (χ0) is 10.7. The fraction of sp³-hybridized carbons (Fsp3) is 0.400. The highest BCUT2D eigenvalue weighted by Crippen LogP contribution is 2.29. The third-order valence-electron chi connectivity index (χ3n) is 1.96. The van der Waals surface area contributed by atoms with E-state index < -0.39 is 11.9 Å². The second-order valence-electron chi connectivity index (χ2n) is 3.09. The van der Waals surface area contributed by atoms with Crippen molar-refractivity contribution >= 4 is 23.2 Å². The lowest BCUT2D eigenvalue weighted by Crippen LogP contribution is -2.00. The van der Waals surface area contributed by atoms with Gasteiger partial charge in [-0.25, -0.2) is 4.39 Å². The summed E-state index contributed by atoms with van der Waals surface area (Å²) in [5.74, 6) is -0.514. The Morgan fingerprint density at radius 3 is 2.50 bits per heavy atom. The van der Waals surface area contributed by atoms with Crippen molar-refractivity contribution in [3.05, 3.63) is 33.6 Å². The predicted molar refractivity (Wildman–Crippen MR) is 56.3 cm³/mol. The van der Waals surface area contributed by atoms with Crippen LogP contribution in [0.3, 0.4) is 0 Å². The summed E-state index contributed by atoms with van der Waals surface area (Å²) in [5, 5.41) is 10.0. The molecular weight excluding hydrogens is 226 g/mol. The van der Waals surface area contributed by atoms with E-state index in [2.05, 4.69) is 0 Å². The minimum absolute atomic E-state index is 0.164. The Hall–Kier alpha value is -0.310. The molecule has 1 aromatic carbocycles. The van der Waals surface area contributed by atoms with Gasteiger partial charge in [0.2, 0.25) is 0 Å². The van der Waals surface area contributed by atoms with Crippen molar-refractivity contribution in [3.8, 4) is 0 Å². The highest BCUT2D eigenvalue weighted by atomic mass is 35.5. The molecule has 1 rings (SSSR count). The van der Waals surface area contributed by atoms with Crippen molar-refractivity contribution in [2.45, 2.75) is 25.9 Å². The quantitative estimate of drug-likeness (QED) is 0.788. The van der Waals surface area contributed by atoms with Crippen molar-refractivity contribution < 1.29 is 9.50 Å². The van der Waals surface area contributed by atoms with Gasteiger partial charge in [-0.15, -0.1) is 0 Å². The Labute approximate surface area is 92.5 Å². The van der Waals surface area contributed by atoms with Crippen LogP contribution in [0.5, 0.6) is 0 Å². The molecule has 78 valence electrons. The summed E-state index contributed by atoms with van der Waals surface area (Å²) in [6, 6.07) is 2.50. The van der Waals surface area contributed by atoms with Crippen LogP contribution in [0.25, 0.3) is 0 Å². The van der Waals surface area contributed by atoms with Gasteiger partial charge in [0, 0.05) is 5.56 Å². The van der Waals surface area contributed by atoms with Crippen molar-refractivity contribution in [2.24, 2.45) is 0 Å². The fourth-order valence-corrected chi connectivity index (χ4v) is 1.54. The van der Waals surface area contributed by atoms with Gasteiger partial charge >= 0.3 is 0 Å². The predicted octanol–water partition coefficient (Wildman–Crippen LogP) is 3.97. The number of hydrogen-bond acceptors (Lipinski definition) is 1. The van der Waals surface area contributed by atoms with E-state index in [9.17, 15) is 9.50 Å². The number of hydrogen-bond donors (Lipinski definition) is 1. The molecule has 0 aliphatic rings. The molecule has 4 heteroatoms. The largest absolute Gasteiger partial charge is 0.388 e. The Kier molecular flexibility index (Phi) is 4.17. The molecule has 0 aliphatic heterocycles. The molecule has 1 unspecified atom stereocenters. The van der Waals surface area contributed by atoms with Crippen LogP contribution in [-0.2, 0) is 0 Å². The van der Waals surface area contributed by atoms with Gasteiger partial charge in [-0.3, -0.25) is 0 Å². The maximum absolute atomic E-state index is 13.3. The van der Waals surface area contributed by atoms with Gasteiger partial charge in [0.05, 0.1) is 16.1 Å². The molecule has 0 aromatic heterocycles. The van der Waals surface area contributed by atoms with E-state index >= 15 is 0 Å². The minimum Gasteiger partial charge on any atom is -0.388 e. The van der Waals surface area contributed by atoms with Gasteiger partial charge in [0.1, 0.15) is 5.82 Å². The van der Waals surface area contributed by atoms with Crippen LogP contribution < -0.4 is 0 Å². The molecule has 0 radical (unpaired) electrons. The van der Waals surface area contributed by atoms with Gasteiger partial charge in [-0.2, -0.15) is 0 Å². The first-order chi connectivity index (χ1) is 6.56. The zero-order valence-electron chi connectivity index (χ0n) is 7.73. The van der Waals surface area contributed by atoms with Crippen molar-refractivity contribution in [3.63, 3.8) is 0 Å². The highest BCUT2D eigenvalue weighted by molar-refractivity contribution is 6.42. The van der Waals surface area contributed by atoms with E-state index in [1.54, 1.807) is 0 Å². The van der Waals surface area contributed by atoms with Crippen LogP contribution in [-0.4, -0.2) is 5.11 Å². The van der Waals surface area contributed by atoms with Crippen molar-refractivity contribution in [1.82, 2.24) is 0 Å². The maximum atomic E-state index is 13.3. The number of aliphatic hydroxyl groups is 1. The second kappa shape index (κ2) is 4.96. The lowest BCUT2D eigenvalue weighted by molar-refractivity contribution is 0.162. The number of halogens is 3. The van der Waals surface area contributed by atoms with E-state index in [0.717, 1.165) is 12.5 Å². The molecule has 1 atom stereocenters. The summed E-state index contributed by atoms with van der Waals surface area (Å²) in [7, 11) is 0. The Morgan fingerprint density at radius 2 is 1.93 bits per heavy atom. The summed E-state index contributed by atoms with van der Waals surface area (Å²) in [5.41, 5.74) is 0.209. The smallest absolute Gasteiger partial charge is 0.130 e. The number of benzene rings is 1. The second-order valence-corrected chi connectivity index (χ2v) is 3.91. The first-order valence-corrected chi connectivity index (χ1v) is 5.14. The van der Waals surface area contributed by atoms with Crippen LogP contribution in [0.1, 0.15) is 31.4 Å². The van der Waals surface area contributed by atoms with Gasteiger partial charge in [-0.1, -0.05) is 36.5 Å². The van der Waals surface area contributed by atoms with E-state index in [4.69, 9.17) is 23.2 Å². The number of rotatable bonds is 3. The summed E-state index contributed by atoms with van der Waals surface area (Å²) in [4.78, 5) is 0. The standard InChI is InChI=1S/C10H11Cl2FO/c1-2-3-10(14)6-4-7(11)8(12)5-9(6)13/h4-5,10,14H,2-3H2,1H3. The van der Waals surface area contributed by atoms with E-state index in [0.29, 0.717) is 6.42 Å².